The molecule has 0 saturated heterocycles. The van der Waals surface area contributed by atoms with Crippen molar-refractivity contribution in [1.82, 2.24) is 0 Å². The van der Waals surface area contributed by atoms with Crippen molar-refractivity contribution in [3.8, 4) is 5.75 Å². The van der Waals surface area contributed by atoms with Crippen LogP contribution in [0, 0.1) is 0 Å². The van der Waals surface area contributed by atoms with E-state index in [1.165, 1.54) is 5.56 Å². The van der Waals surface area contributed by atoms with Crippen LogP contribution in [0.3, 0.4) is 0 Å². The number of hydrogen-bond acceptors (Lipinski definition) is 3. The molecule has 0 spiro atoms. The summed E-state index contributed by atoms with van der Waals surface area (Å²) in [6, 6.07) is 9.32. The number of phenolic OH excluding ortho intramolecular Hbond substituents is 1. The van der Waals surface area contributed by atoms with Gasteiger partial charge in [0.05, 0.1) is 0 Å². The van der Waals surface area contributed by atoms with Crippen LogP contribution in [-0.4, -0.2) is 27.9 Å². The van der Waals surface area contributed by atoms with E-state index in [0.717, 1.165) is 24.9 Å². The minimum Gasteiger partial charge on any atom is -0.508 e. The summed E-state index contributed by atoms with van der Waals surface area (Å²) in [7, 11) is 1.50. The maximum Gasteiger partial charge on any atom is 0.337 e. The van der Waals surface area contributed by atoms with Gasteiger partial charge in [-0.15, -0.1) is 0 Å². The van der Waals surface area contributed by atoms with Crippen LogP contribution in [0.1, 0.15) is 18.9 Å². The van der Waals surface area contributed by atoms with Gasteiger partial charge in [-0.1, -0.05) is 25.5 Å². The van der Waals surface area contributed by atoms with E-state index in [0.29, 0.717) is 5.75 Å². The second-order valence-electron chi connectivity index (χ2n) is 4.24. The maximum absolute atomic E-state index is 9.22. The summed E-state index contributed by atoms with van der Waals surface area (Å²) in [5.74, 6) is 0.310. The Labute approximate surface area is 105 Å². The first-order valence-electron chi connectivity index (χ1n) is 6.04. The molecule has 0 fully saturated rings. The highest BCUT2D eigenvalue weighted by Crippen LogP contribution is 2.22. The largest absolute Gasteiger partial charge is 0.508 e. The molecule has 1 aromatic carbocycles. The highest BCUT2D eigenvalue weighted by Gasteiger charge is 2.33. The molecule has 3 nitrogen and oxygen atoms in total. The fraction of sp³-hybridized carbons (Fsp3) is 0.538. The van der Waals surface area contributed by atoms with Crippen molar-refractivity contribution in [2.45, 2.75) is 31.9 Å². The van der Waals surface area contributed by atoms with Gasteiger partial charge in [0.2, 0.25) is 0 Å². The average molecular weight is 254 g/mol. The third-order valence-corrected chi connectivity index (χ3v) is 6.87. The molecule has 0 radical (unpaired) electrons. The molecule has 0 bridgehead atoms. The van der Waals surface area contributed by atoms with E-state index in [2.05, 4.69) is 6.92 Å². The Balaban J connectivity index is 2.60. The van der Waals surface area contributed by atoms with Gasteiger partial charge in [0.25, 0.3) is 0 Å². The number of benzene rings is 1. The number of rotatable bonds is 7. The topological polar surface area (TPSA) is 38.7 Å². The summed E-state index contributed by atoms with van der Waals surface area (Å²) in [5.41, 5.74) is 1.21. The van der Waals surface area contributed by atoms with E-state index in [1.54, 1.807) is 26.4 Å². The van der Waals surface area contributed by atoms with E-state index >= 15 is 0 Å². The van der Waals surface area contributed by atoms with Crippen LogP contribution < -0.4 is 0 Å². The number of aryl methyl sites for hydroxylation is 1. The van der Waals surface area contributed by atoms with Crippen molar-refractivity contribution in [3.63, 3.8) is 0 Å². The lowest BCUT2D eigenvalue weighted by molar-refractivity contribution is 0.241. The van der Waals surface area contributed by atoms with Gasteiger partial charge < -0.3 is 14.0 Å². The molecule has 0 unspecified atom stereocenters. The number of phenols is 1. The lowest BCUT2D eigenvalue weighted by Gasteiger charge is -2.27. The number of aromatic hydroxyl groups is 1. The molecule has 0 atom stereocenters. The van der Waals surface area contributed by atoms with Crippen LogP contribution >= 0.6 is 0 Å². The Kier molecular flexibility index (Phi) is 5.68. The molecule has 0 saturated carbocycles. The first-order valence-corrected chi connectivity index (χ1v) is 8.27. The van der Waals surface area contributed by atoms with E-state index < -0.39 is 8.56 Å². The van der Waals surface area contributed by atoms with Gasteiger partial charge in [-0.3, -0.25) is 0 Å². The number of hydrogen-bond donors (Lipinski definition) is 1. The summed E-state index contributed by atoms with van der Waals surface area (Å²) in [6.45, 7) is 2.15. The van der Waals surface area contributed by atoms with Crippen molar-refractivity contribution in [2.75, 3.05) is 14.2 Å². The average Bonchev–Trinajstić information content (AvgIpc) is 2.36. The lowest BCUT2D eigenvalue weighted by atomic mass is 10.2. The smallest absolute Gasteiger partial charge is 0.337 e. The van der Waals surface area contributed by atoms with Gasteiger partial charge in [-0.05, 0) is 36.2 Å². The molecule has 1 rings (SSSR count). The van der Waals surface area contributed by atoms with Gasteiger partial charge >= 0.3 is 8.56 Å². The van der Waals surface area contributed by atoms with E-state index in [4.69, 9.17) is 8.85 Å². The van der Waals surface area contributed by atoms with Crippen LogP contribution in [-0.2, 0) is 15.3 Å². The van der Waals surface area contributed by atoms with Gasteiger partial charge in [-0.25, -0.2) is 0 Å². The second-order valence-corrected chi connectivity index (χ2v) is 7.87. The fourth-order valence-electron chi connectivity index (χ4n) is 1.99. The Hall–Kier alpha value is -0.843. The lowest BCUT2D eigenvalue weighted by Crippen LogP contribution is -2.40. The Morgan fingerprint density at radius 3 is 2.12 bits per heavy atom. The first-order chi connectivity index (χ1) is 8.15. The summed E-state index contributed by atoms with van der Waals surface area (Å²) in [5, 5.41) is 9.22. The minimum atomic E-state index is -2.00. The van der Waals surface area contributed by atoms with E-state index in [-0.39, 0.29) is 0 Å². The predicted octanol–water partition coefficient (Wildman–Crippen LogP) is 3.08. The fourth-order valence-corrected chi connectivity index (χ4v) is 4.66. The molecular weight excluding hydrogens is 232 g/mol. The zero-order valence-electron chi connectivity index (χ0n) is 10.9. The van der Waals surface area contributed by atoms with Crippen LogP contribution in [0.25, 0.3) is 0 Å². The van der Waals surface area contributed by atoms with Crippen molar-refractivity contribution >= 4 is 8.56 Å². The summed E-state index contributed by atoms with van der Waals surface area (Å²) in [4.78, 5) is 0. The van der Waals surface area contributed by atoms with Crippen LogP contribution in [0.4, 0.5) is 0 Å². The zero-order valence-corrected chi connectivity index (χ0v) is 11.9. The Morgan fingerprint density at radius 2 is 1.65 bits per heavy atom. The Bertz CT molecular complexity index is 320. The van der Waals surface area contributed by atoms with Crippen LogP contribution in [0.2, 0.25) is 12.1 Å². The van der Waals surface area contributed by atoms with Gasteiger partial charge in [-0.2, -0.15) is 0 Å². The molecule has 17 heavy (non-hydrogen) atoms. The van der Waals surface area contributed by atoms with Gasteiger partial charge in [0.1, 0.15) is 5.75 Å². The van der Waals surface area contributed by atoms with E-state index in [9.17, 15) is 5.11 Å². The van der Waals surface area contributed by atoms with Gasteiger partial charge in [0.15, 0.2) is 0 Å². The molecule has 0 aliphatic rings. The maximum atomic E-state index is 9.22. The monoisotopic (exact) mass is 254 g/mol. The summed E-state index contributed by atoms with van der Waals surface area (Å²) in [6.07, 6.45) is 2.03. The zero-order chi connectivity index (χ0) is 12.7. The molecule has 0 aromatic heterocycles. The summed E-state index contributed by atoms with van der Waals surface area (Å²) >= 11 is 0. The highest BCUT2D eigenvalue weighted by molar-refractivity contribution is 6.67. The normalized spacial score (nSPS) is 11.7. The second kappa shape index (κ2) is 6.79. The predicted molar refractivity (Wildman–Crippen MR) is 71.5 cm³/mol. The molecule has 0 amide bonds. The third-order valence-electron chi connectivity index (χ3n) is 3.11. The molecule has 4 heteroatoms. The van der Waals surface area contributed by atoms with Crippen LogP contribution in [0.15, 0.2) is 24.3 Å². The van der Waals surface area contributed by atoms with Crippen LogP contribution in [0.5, 0.6) is 5.75 Å². The van der Waals surface area contributed by atoms with Crippen molar-refractivity contribution < 1.29 is 14.0 Å². The van der Waals surface area contributed by atoms with Crippen molar-refractivity contribution in [3.05, 3.63) is 29.8 Å². The molecule has 1 N–H and O–H groups in total. The highest BCUT2D eigenvalue weighted by atomic mass is 28.4. The molecule has 96 valence electrons. The SMILES string of the molecule is CCC[Si](CCc1ccc(O)cc1)(OC)OC. The van der Waals surface area contributed by atoms with E-state index in [1.807, 2.05) is 12.1 Å². The standard InChI is InChI=1S/C13H22O3Si/c1-4-10-17(15-2,16-3)11-9-12-5-7-13(14)8-6-12/h5-8,14H,4,9-11H2,1-3H3. The molecule has 1 aromatic rings. The molecule has 0 heterocycles. The summed E-state index contributed by atoms with van der Waals surface area (Å²) < 4.78 is 11.3. The minimum absolute atomic E-state index is 0.310. The third kappa shape index (κ3) is 4.15. The molecule has 0 aliphatic heterocycles. The molecular formula is C13H22O3Si. The Morgan fingerprint density at radius 1 is 1.06 bits per heavy atom. The first kappa shape index (κ1) is 14.2. The van der Waals surface area contributed by atoms with Crippen molar-refractivity contribution in [1.29, 1.82) is 0 Å². The molecule has 0 aliphatic carbocycles. The van der Waals surface area contributed by atoms with Crippen molar-refractivity contribution in [2.24, 2.45) is 0 Å². The quantitative estimate of drug-likeness (QED) is 0.760. The van der Waals surface area contributed by atoms with Gasteiger partial charge in [0, 0.05) is 14.2 Å².